The van der Waals surface area contributed by atoms with Crippen molar-refractivity contribution in [2.75, 3.05) is 13.6 Å². The van der Waals surface area contributed by atoms with Crippen LogP contribution in [0.25, 0.3) is 0 Å². The summed E-state index contributed by atoms with van der Waals surface area (Å²) in [7, 11) is 1.89. The van der Waals surface area contributed by atoms with Crippen LogP contribution in [0.3, 0.4) is 0 Å². The van der Waals surface area contributed by atoms with E-state index < -0.39 is 0 Å². The van der Waals surface area contributed by atoms with Gasteiger partial charge in [-0.25, -0.2) is 0 Å². The first-order valence-corrected chi connectivity index (χ1v) is 7.92. The summed E-state index contributed by atoms with van der Waals surface area (Å²) >= 11 is 3.43. The highest BCUT2D eigenvalue weighted by molar-refractivity contribution is 9.10. The van der Waals surface area contributed by atoms with Gasteiger partial charge in [-0.1, -0.05) is 41.9 Å². The Morgan fingerprint density at radius 2 is 2.05 bits per heavy atom. The number of nitrogens with zero attached hydrogens (tertiary/aromatic N) is 1. The van der Waals surface area contributed by atoms with Gasteiger partial charge in [0.25, 0.3) is 0 Å². The molecule has 110 valence electrons. The van der Waals surface area contributed by atoms with Gasteiger partial charge in [0, 0.05) is 18.1 Å². The molecule has 20 heavy (non-hydrogen) atoms. The summed E-state index contributed by atoms with van der Waals surface area (Å²) in [5, 5.41) is 3.39. The number of hydrogen-bond acceptors (Lipinski definition) is 2. The first-order valence-electron chi connectivity index (χ1n) is 7.13. The summed E-state index contributed by atoms with van der Waals surface area (Å²) < 4.78 is 1.06. The second-order valence-electron chi connectivity index (χ2n) is 6.30. The van der Waals surface area contributed by atoms with Crippen LogP contribution >= 0.6 is 15.9 Å². The lowest BCUT2D eigenvalue weighted by molar-refractivity contribution is -0.136. The fourth-order valence-electron chi connectivity index (χ4n) is 2.79. The number of benzene rings is 1. The van der Waals surface area contributed by atoms with E-state index in [4.69, 9.17) is 0 Å². The predicted octanol–water partition coefficient (Wildman–Crippen LogP) is 3.19. The van der Waals surface area contributed by atoms with Crippen LogP contribution in [-0.2, 0) is 11.3 Å². The maximum atomic E-state index is 12.6. The molecule has 0 saturated carbocycles. The van der Waals surface area contributed by atoms with Crippen molar-refractivity contribution >= 4 is 21.8 Å². The van der Waals surface area contributed by atoms with Crippen molar-refractivity contribution in [2.24, 2.45) is 5.41 Å². The van der Waals surface area contributed by atoms with Gasteiger partial charge in [0.15, 0.2) is 0 Å². The van der Waals surface area contributed by atoms with Gasteiger partial charge in [-0.05, 0) is 42.5 Å². The van der Waals surface area contributed by atoms with E-state index in [1.165, 1.54) is 0 Å². The van der Waals surface area contributed by atoms with E-state index in [0.717, 1.165) is 29.4 Å². The lowest BCUT2D eigenvalue weighted by atomic mass is 9.77. The molecule has 4 heteroatoms. The van der Waals surface area contributed by atoms with Gasteiger partial charge in [0.2, 0.25) is 5.91 Å². The van der Waals surface area contributed by atoms with Gasteiger partial charge in [-0.2, -0.15) is 0 Å². The van der Waals surface area contributed by atoms with Crippen molar-refractivity contribution in [1.82, 2.24) is 10.2 Å². The second kappa shape index (κ2) is 6.27. The van der Waals surface area contributed by atoms with Crippen LogP contribution in [0, 0.1) is 5.41 Å². The maximum absolute atomic E-state index is 12.6. The Bertz CT molecular complexity index is 470. The molecule has 1 aromatic carbocycles. The van der Waals surface area contributed by atoms with Crippen LogP contribution < -0.4 is 5.32 Å². The van der Waals surface area contributed by atoms with Crippen molar-refractivity contribution in [3.8, 4) is 0 Å². The summed E-state index contributed by atoms with van der Waals surface area (Å²) in [6.45, 7) is 5.94. The highest BCUT2D eigenvalue weighted by Gasteiger charge is 2.38. The molecule has 1 unspecified atom stereocenters. The van der Waals surface area contributed by atoms with Gasteiger partial charge in [-0.15, -0.1) is 0 Å². The molecule has 1 aromatic rings. The molecule has 0 aromatic heterocycles. The van der Waals surface area contributed by atoms with Crippen molar-refractivity contribution < 1.29 is 4.79 Å². The third-order valence-corrected chi connectivity index (χ3v) is 4.61. The molecule has 0 radical (unpaired) electrons. The van der Waals surface area contributed by atoms with E-state index in [1.807, 2.05) is 36.2 Å². The number of rotatable bonds is 3. The lowest BCUT2D eigenvalue weighted by Crippen LogP contribution is -2.55. The van der Waals surface area contributed by atoms with E-state index in [9.17, 15) is 4.79 Å². The molecule has 1 heterocycles. The van der Waals surface area contributed by atoms with Crippen molar-refractivity contribution in [2.45, 2.75) is 39.3 Å². The first kappa shape index (κ1) is 15.5. The molecule has 1 aliphatic heterocycles. The van der Waals surface area contributed by atoms with E-state index >= 15 is 0 Å². The average molecular weight is 339 g/mol. The maximum Gasteiger partial charge on any atom is 0.240 e. The number of carbonyl (C=O) groups excluding carboxylic acids is 1. The number of amides is 1. The molecule has 1 amide bonds. The molecular weight excluding hydrogens is 316 g/mol. The zero-order chi connectivity index (χ0) is 14.8. The van der Waals surface area contributed by atoms with Crippen molar-refractivity contribution in [3.05, 3.63) is 34.3 Å². The Hall–Kier alpha value is -0.870. The van der Waals surface area contributed by atoms with Gasteiger partial charge < -0.3 is 10.2 Å². The van der Waals surface area contributed by atoms with Gasteiger partial charge in [0.05, 0.1) is 6.04 Å². The summed E-state index contributed by atoms with van der Waals surface area (Å²) in [6, 6.07) is 8.05. The number of halogens is 1. The van der Waals surface area contributed by atoms with E-state index in [-0.39, 0.29) is 17.4 Å². The Kier molecular flexibility index (Phi) is 4.86. The number of carbonyl (C=O) groups is 1. The van der Waals surface area contributed by atoms with Crippen LogP contribution in [0.15, 0.2) is 28.7 Å². The zero-order valence-corrected chi connectivity index (χ0v) is 14.0. The van der Waals surface area contributed by atoms with Crippen molar-refractivity contribution in [3.63, 3.8) is 0 Å². The van der Waals surface area contributed by atoms with Gasteiger partial charge >= 0.3 is 0 Å². The topological polar surface area (TPSA) is 32.3 Å². The number of likely N-dealkylation sites (N-methyl/N-ethyl adjacent to an activating group) is 1. The minimum Gasteiger partial charge on any atom is -0.340 e. The van der Waals surface area contributed by atoms with Gasteiger partial charge in [0.1, 0.15) is 0 Å². The standard InChI is InChI=1S/C16H23BrN2O/c1-16(2)9-4-10-18-14(16)15(20)19(3)11-12-5-7-13(17)8-6-12/h5-8,14,18H,4,9-11H2,1-3H3. The van der Waals surface area contributed by atoms with Gasteiger partial charge in [-0.3, -0.25) is 4.79 Å². The molecule has 2 rings (SSSR count). The molecule has 0 spiro atoms. The Morgan fingerprint density at radius 3 is 2.65 bits per heavy atom. The largest absolute Gasteiger partial charge is 0.340 e. The quantitative estimate of drug-likeness (QED) is 0.917. The first-order chi connectivity index (χ1) is 9.40. The average Bonchev–Trinajstić information content (AvgIpc) is 2.40. The summed E-state index contributed by atoms with van der Waals surface area (Å²) in [6.07, 6.45) is 2.25. The molecule has 0 aliphatic carbocycles. The summed E-state index contributed by atoms with van der Waals surface area (Å²) in [4.78, 5) is 14.5. The third-order valence-electron chi connectivity index (χ3n) is 4.08. The predicted molar refractivity (Wildman–Crippen MR) is 85.4 cm³/mol. The van der Waals surface area contributed by atoms with Crippen LogP contribution in [0.1, 0.15) is 32.3 Å². The van der Waals surface area contributed by atoms with Crippen LogP contribution in [0.4, 0.5) is 0 Å². The highest BCUT2D eigenvalue weighted by Crippen LogP contribution is 2.31. The fourth-order valence-corrected chi connectivity index (χ4v) is 3.06. The second-order valence-corrected chi connectivity index (χ2v) is 7.22. The number of piperidine rings is 1. The van der Waals surface area contributed by atoms with E-state index in [0.29, 0.717) is 6.54 Å². The molecule has 1 atom stereocenters. The summed E-state index contributed by atoms with van der Waals surface area (Å²) in [5.74, 6) is 0.192. The van der Waals surface area contributed by atoms with Crippen LogP contribution in [0.5, 0.6) is 0 Å². The zero-order valence-electron chi connectivity index (χ0n) is 12.4. The lowest BCUT2D eigenvalue weighted by Gasteiger charge is -2.40. The molecule has 1 aliphatic rings. The Morgan fingerprint density at radius 1 is 1.40 bits per heavy atom. The molecule has 0 bridgehead atoms. The fraction of sp³-hybridized carbons (Fsp3) is 0.562. The number of hydrogen-bond donors (Lipinski definition) is 1. The van der Waals surface area contributed by atoms with E-state index in [1.54, 1.807) is 0 Å². The van der Waals surface area contributed by atoms with E-state index in [2.05, 4.69) is 35.1 Å². The van der Waals surface area contributed by atoms with Crippen LogP contribution in [0.2, 0.25) is 0 Å². The third kappa shape index (κ3) is 3.61. The monoisotopic (exact) mass is 338 g/mol. The molecule has 1 N–H and O–H groups in total. The molecule has 3 nitrogen and oxygen atoms in total. The molecule has 1 fully saturated rings. The Labute approximate surface area is 129 Å². The number of nitrogens with one attached hydrogen (secondary N) is 1. The van der Waals surface area contributed by atoms with Crippen molar-refractivity contribution in [1.29, 1.82) is 0 Å². The minimum atomic E-state index is -0.0725. The summed E-state index contributed by atoms with van der Waals surface area (Å²) in [5.41, 5.74) is 1.18. The normalized spacial score (nSPS) is 21.5. The highest BCUT2D eigenvalue weighted by atomic mass is 79.9. The molecular formula is C16H23BrN2O. The smallest absolute Gasteiger partial charge is 0.240 e. The Balaban J connectivity index is 2.02. The SMILES string of the molecule is CN(Cc1ccc(Br)cc1)C(=O)C1NCCCC1(C)C. The minimum absolute atomic E-state index is 0.0311. The molecule has 1 saturated heterocycles. The van der Waals surface area contributed by atoms with Crippen LogP contribution in [-0.4, -0.2) is 30.4 Å².